The predicted molar refractivity (Wildman–Crippen MR) is 105 cm³/mol. The Morgan fingerprint density at radius 3 is 2.52 bits per heavy atom. The molecule has 3 aliphatic heterocycles. The Morgan fingerprint density at radius 2 is 1.85 bits per heavy atom. The van der Waals surface area contributed by atoms with Gasteiger partial charge in [0, 0.05) is 30.0 Å². The maximum Gasteiger partial charge on any atom is 0.328 e. The van der Waals surface area contributed by atoms with Crippen LogP contribution in [0, 0.1) is 0 Å². The van der Waals surface area contributed by atoms with E-state index in [0.29, 0.717) is 0 Å². The van der Waals surface area contributed by atoms with Crippen molar-refractivity contribution in [1.29, 1.82) is 0 Å². The third kappa shape index (κ3) is 2.82. The van der Waals surface area contributed by atoms with Gasteiger partial charge in [0.2, 0.25) is 5.96 Å². The first-order valence-electron chi connectivity index (χ1n) is 9.07. The van der Waals surface area contributed by atoms with E-state index in [1.807, 2.05) is 42.3 Å². The highest BCUT2D eigenvalue weighted by molar-refractivity contribution is 9.10. The lowest BCUT2D eigenvalue weighted by molar-refractivity contribution is -0.137. The number of nitrogens with zero attached hydrogens (tertiary/aromatic N) is 5. The largest absolute Gasteiger partial charge is 0.328 e. The van der Waals surface area contributed by atoms with Crippen molar-refractivity contribution in [3.63, 3.8) is 0 Å². The molecule has 4 rings (SSSR count). The quantitative estimate of drug-likeness (QED) is 0.735. The highest BCUT2D eigenvalue weighted by Gasteiger charge is 2.54. The van der Waals surface area contributed by atoms with E-state index >= 15 is 0 Å². The SMILES string of the molecule is CCCN1C(C)=CN2C1=NC1C2C(=O)N(Cc2ccc(Br)cc2)C(=O)N1C. The third-order valence-corrected chi connectivity index (χ3v) is 5.73. The number of hydrogen-bond acceptors (Lipinski definition) is 5. The minimum absolute atomic E-state index is 0.202. The number of imide groups is 1. The van der Waals surface area contributed by atoms with Gasteiger partial charge in [0.05, 0.1) is 6.54 Å². The molecule has 3 heterocycles. The van der Waals surface area contributed by atoms with Crippen LogP contribution in [-0.4, -0.2) is 63.3 Å². The van der Waals surface area contributed by atoms with Crippen LogP contribution in [-0.2, 0) is 11.3 Å². The van der Waals surface area contributed by atoms with E-state index in [1.54, 1.807) is 11.9 Å². The molecule has 0 radical (unpaired) electrons. The number of amides is 3. The van der Waals surface area contributed by atoms with Gasteiger partial charge in [-0.15, -0.1) is 0 Å². The highest BCUT2D eigenvalue weighted by Crippen LogP contribution is 2.34. The van der Waals surface area contributed by atoms with Gasteiger partial charge >= 0.3 is 6.03 Å². The second kappa shape index (κ2) is 6.67. The zero-order valence-corrected chi connectivity index (χ0v) is 17.2. The minimum atomic E-state index is -0.505. The number of allylic oxidation sites excluding steroid dienone is 1. The molecular formula is C19H22BrN5O2. The van der Waals surface area contributed by atoms with Gasteiger partial charge in [-0.1, -0.05) is 35.0 Å². The molecule has 1 aromatic carbocycles. The van der Waals surface area contributed by atoms with Crippen LogP contribution in [0.25, 0.3) is 0 Å². The number of likely N-dealkylation sites (N-methyl/N-ethyl adjacent to an activating group) is 1. The molecule has 3 aliphatic rings. The second-order valence-electron chi connectivity index (χ2n) is 7.06. The van der Waals surface area contributed by atoms with E-state index < -0.39 is 12.2 Å². The zero-order valence-electron chi connectivity index (χ0n) is 15.6. The standard InChI is InChI=1S/C19H22BrN5O2/c1-4-9-23-12(2)10-24-15-16(21-18(23)24)22(3)19(27)25(17(15)26)11-13-5-7-14(20)8-6-13/h5-8,10,15-16H,4,9,11H2,1-3H3. The Hall–Kier alpha value is -2.35. The number of guanidine groups is 1. The lowest BCUT2D eigenvalue weighted by Crippen LogP contribution is -2.63. The van der Waals surface area contributed by atoms with Crippen LogP contribution in [0.1, 0.15) is 25.8 Å². The number of carbonyl (C=O) groups is 2. The minimum Gasteiger partial charge on any atom is -0.315 e. The number of urea groups is 1. The second-order valence-corrected chi connectivity index (χ2v) is 7.98. The van der Waals surface area contributed by atoms with Crippen LogP contribution in [0.5, 0.6) is 0 Å². The predicted octanol–water partition coefficient (Wildman–Crippen LogP) is 2.80. The summed E-state index contributed by atoms with van der Waals surface area (Å²) in [6, 6.07) is 6.83. The molecule has 3 amide bonds. The molecule has 0 aromatic heterocycles. The number of rotatable bonds is 4. The lowest BCUT2D eigenvalue weighted by Gasteiger charge is -2.40. The van der Waals surface area contributed by atoms with Crippen LogP contribution in [0.3, 0.4) is 0 Å². The van der Waals surface area contributed by atoms with E-state index in [-0.39, 0.29) is 18.5 Å². The van der Waals surface area contributed by atoms with Crippen LogP contribution in [0.2, 0.25) is 0 Å². The Morgan fingerprint density at radius 1 is 1.15 bits per heavy atom. The number of benzene rings is 1. The van der Waals surface area contributed by atoms with Gasteiger partial charge in [0.25, 0.3) is 5.91 Å². The van der Waals surface area contributed by atoms with E-state index in [4.69, 9.17) is 4.99 Å². The van der Waals surface area contributed by atoms with Crippen LogP contribution < -0.4 is 0 Å². The first kappa shape index (κ1) is 18.0. The summed E-state index contributed by atoms with van der Waals surface area (Å²) < 4.78 is 0.960. The maximum atomic E-state index is 13.3. The van der Waals surface area contributed by atoms with Gasteiger partial charge in [-0.25, -0.2) is 9.79 Å². The van der Waals surface area contributed by atoms with Crippen molar-refractivity contribution in [2.75, 3.05) is 13.6 Å². The van der Waals surface area contributed by atoms with Gasteiger partial charge in [-0.05, 0) is 31.0 Å². The van der Waals surface area contributed by atoms with Crippen molar-refractivity contribution in [2.45, 2.75) is 39.0 Å². The average molecular weight is 432 g/mol. The van der Waals surface area contributed by atoms with Gasteiger partial charge < -0.3 is 14.7 Å². The molecule has 27 heavy (non-hydrogen) atoms. The number of hydrogen-bond donors (Lipinski definition) is 0. The Bertz CT molecular complexity index is 850. The van der Waals surface area contributed by atoms with E-state index in [0.717, 1.165) is 34.7 Å². The molecule has 2 unspecified atom stereocenters. The van der Waals surface area contributed by atoms with Crippen LogP contribution >= 0.6 is 15.9 Å². The van der Waals surface area contributed by atoms with Gasteiger partial charge in [-0.2, -0.15) is 0 Å². The molecule has 1 saturated heterocycles. The molecule has 1 aromatic rings. The summed E-state index contributed by atoms with van der Waals surface area (Å²) in [6.45, 7) is 5.22. The topological polar surface area (TPSA) is 59.5 Å². The number of halogens is 1. The van der Waals surface area contributed by atoms with Crippen molar-refractivity contribution in [3.05, 3.63) is 46.2 Å². The van der Waals surface area contributed by atoms with Crippen molar-refractivity contribution in [1.82, 2.24) is 19.6 Å². The van der Waals surface area contributed by atoms with E-state index in [2.05, 4.69) is 27.8 Å². The van der Waals surface area contributed by atoms with Gasteiger partial charge in [0.1, 0.15) is 0 Å². The molecule has 1 fully saturated rings. The van der Waals surface area contributed by atoms with Gasteiger partial charge in [-0.3, -0.25) is 9.69 Å². The normalized spacial score (nSPS) is 24.3. The summed E-state index contributed by atoms with van der Waals surface area (Å²) in [6.07, 6.45) is 2.47. The van der Waals surface area contributed by atoms with Gasteiger partial charge in [0.15, 0.2) is 12.2 Å². The molecule has 8 heteroatoms. The highest BCUT2D eigenvalue weighted by atomic mass is 79.9. The Kier molecular flexibility index (Phi) is 4.46. The molecule has 0 saturated carbocycles. The first-order chi connectivity index (χ1) is 12.9. The zero-order chi connectivity index (χ0) is 19.3. The molecule has 0 spiro atoms. The maximum absolute atomic E-state index is 13.3. The van der Waals surface area contributed by atoms with Crippen LogP contribution in [0.4, 0.5) is 4.79 Å². The monoisotopic (exact) mass is 431 g/mol. The first-order valence-corrected chi connectivity index (χ1v) is 9.86. The Balaban J connectivity index is 1.63. The molecule has 142 valence electrons. The lowest BCUT2D eigenvalue weighted by atomic mass is 10.1. The summed E-state index contributed by atoms with van der Waals surface area (Å²) in [5.41, 5.74) is 1.98. The number of aliphatic imine (C=N–C) groups is 1. The summed E-state index contributed by atoms with van der Waals surface area (Å²) in [5, 5.41) is 0. The molecule has 7 nitrogen and oxygen atoms in total. The van der Waals surface area contributed by atoms with E-state index in [9.17, 15) is 9.59 Å². The molecule has 0 bridgehead atoms. The number of carbonyl (C=O) groups excluding carboxylic acids is 2. The average Bonchev–Trinajstić information content (AvgIpc) is 3.15. The molecular weight excluding hydrogens is 410 g/mol. The number of fused-ring (bicyclic) bond motifs is 3. The van der Waals surface area contributed by atoms with E-state index in [1.165, 1.54) is 4.90 Å². The summed E-state index contributed by atoms with van der Waals surface area (Å²) >= 11 is 3.41. The summed E-state index contributed by atoms with van der Waals surface area (Å²) in [7, 11) is 1.72. The van der Waals surface area contributed by atoms with Crippen molar-refractivity contribution in [3.8, 4) is 0 Å². The smallest absolute Gasteiger partial charge is 0.315 e. The molecule has 0 N–H and O–H groups in total. The molecule has 2 atom stereocenters. The third-order valence-electron chi connectivity index (χ3n) is 5.20. The molecule has 0 aliphatic carbocycles. The van der Waals surface area contributed by atoms with Crippen LogP contribution in [0.15, 0.2) is 45.6 Å². The van der Waals surface area contributed by atoms with Crippen molar-refractivity contribution < 1.29 is 9.59 Å². The fraction of sp³-hybridized carbons (Fsp3) is 0.421. The fourth-order valence-corrected chi connectivity index (χ4v) is 4.08. The summed E-state index contributed by atoms with van der Waals surface area (Å²) in [4.78, 5) is 37.8. The van der Waals surface area contributed by atoms with Crippen molar-refractivity contribution >= 4 is 33.8 Å². The summed E-state index contributed by atoms with van der Waals surface area (Å²) in [5.74, 6) is 0.565. The fourth-order valence-electron chi connectivity index (χ4n) is 3.82. The Labute approximate surface area is 167 Å². The van der Waals surface area contributed by atoms with Crippen molar-refractivity contribution in [2.24, 2.45) is 4.99 Å².